The molecule has 5 N–H and O–H groups in total. The van der Waals surface area contributed by atoms with Crippen molar-refractivity contribution >= 4 is 46.9 Å². The topological polar surface area (TPSA) is 153 Å². The Morgan fingerprint density at radius 2 is 1.85 bits per heavy atom. The second kappa shape index (κ2) is 7.64. The van der Waals surface area contributed by atoms with Gasteiger partial charge in [0, 0.05) is 4.75 Å². The molecule has 4 atom stereocenters. The van der Waals surface area contributed by atoms with Gasteiger partial charge < -0.3 is 20.6 Å². The molecule has 11 heteroatoms. The summed E-state index contributed by atoms with van der Waals surface area (Å²) < 4.78 is -0.811. The third kappa shape index (κ3) is 4.17. The minimum absolute atomic E-state index is 0.250. The Morgan fingerprint density at radius 1 is 1.19 bits per heavy atom. The van der Waals surface area contributed by atoms with Crippen molar-refractivity contribution in [2.75, 3.05) is 0 Å². The van der Waals surface area contributed by atoms with Gasteiger partial charge >= 0.3 is 17.9 Å². The van der Waals surface area contributed by atoms with Gasteiger partial charge in [-0.3, -0.25) is 19.7 Å². The van der Waals surface area contributed by atoms with Crippen molar-refractivity contribution in [1.82, 2.24) is 10.6 Å². The maximum Gasteiger partial charge on any atom is 0.328 e. The summed E-state index contributed by atoms with van der Waals surface area (Å²) in [4.78, 5) is 46.9. The van der Waals surface area contributed by atoms with Gasteiger partial charge in [-0.1, -0.05) is 0 Å². The molecule has 1 amide bonds. The number of aliphatic carboxylic acids is 3. The maximum absolute atomic E-state index is 12.4. The molecule has 1 saturated heterocycles. The minimum atomic E-state index is -1.54. The molecule has 1 aromatic rings. The molecule has 2 rings (SSSR count). The smallest absolute Gasteiger partial charge is 0.328 e. The number of rotatable bonds is 7. The van der Waals surface area contributed by atoms with Crippen LogP contribution in [0, 0.1) is 0 Å². The second-order valence-corrected chi connectivity index (χ2v) is 8.81. The molecule has 0 bridgehead atoms. The third-order valence-electron chi connectivity index (χ3n) is 3.96. The lowest BCUT2D eigenvalue weighted by atomic mass is 10.0. The number of carboxylic acid groups (broad SMARTS) is 3. The predicted molar refractivity (Wildman–Crippen MR) is 94.3 cm³/mol. The first-order chi connectivity index (χ1) is 12.0. The molecule has 1 fully saturated rings. The van der Waals surface area contributed by atoms with E-state index in [1.54, 1.807) is 19.2 Å². The van der Waals surface area contributed by atoms with Gasteiger partial charge in [0.15, 0.2) is 12.0 Å². The Labute approximate surface area is 156 Å². The summed E-state index contributed by atoms with van der Waals surface area (Å²) in [5, 5.41) is 35.2. The molecule has 142 valence electrons. The number of hydrogen-bond donors (Lipinski definition) is 5. The number of carbonyl (C=O) groups excluding carboxylic acids is 1. The summed E-state index contributed by atoms with van der Waals surface area (Å²) in [7, 11) is 0. The molecule has 26 heavy (non-hydrogen) atoms. The number of thiophene rings is 1. The van der Waals surface area contributed by atoms with Crippen molar-refractivity contribution in [3.05, 3.63) is 22.4 Å². The van der Waals surface area contributed by atoms with Gasteiger partial charge in [-0.05, 0) is 36.2 Å². The standard InChI is InChI=1S/C15H18N2O7S2/c1-15(2)9(14(23)24)17-11(26-15)8(13(21)22)16-10(18)7(12(19)20)6-3-4-25-5-6/h3-5,7-9,11,17H,1-2H3,(H,16,18)(H,19,20)(H,21,22)(H,23,24)/t7?,8-,9-,11+/m0/s1. The highest BCUT2D eigenvalue weighted by molar-refractivity contribution is 8.01. The number of nitrogens with one attached hydrogen (secondary N) is 2. The number of carbonyl (C=O) groups is 4. The van der Waals surface area contributed by atoms with E-state index < -0.39 is 51.9 Å². The maximum atomic E-state index is 12.4. The SMILES string of the molecule is CC1(C)S[C@H]([C@H](NC(=O)C(C(=O)O)c2ccsc2)C(=O)O)N[C@H]1C(=O)O. The molecule has 0 aliphatic carbocycles. The van der Waals surface area contributed by atoms with Gasteiger partial charge in [-0.25, -0.2) is 4.79 Å². The molecular weight excluding hydrogens is 384 g/mol. The van der Waals surface area contributed by atoms with Crippen molar-refractivity contribution in [2.45, 2.75) is 42.0 Å². The van der Waals surface area contributed by atoms with E-state index in [0.29, 0.717) is 0 Å². The molecule has 1 aliphatic heterocycles. The van der Waals surface area contributed by atoms with E-state index in [4.69, 9.17) is 0 Å². The van der Waals surface area contributed by atoms with Gasteiger partial charge in [0.1, 0.15) is 6.04 Å². The van der Waals surface area contributed by atoms with Crippen LogP contribution in [-0.4, -0.2) is 61.3 Å². The Bertz CT molecular complexity index is 720. The second-order valence-electron chi connectivity index (χ2n) is 6.23. The van der Waals surface area contributed by atoms with E-state index >= 15 is 0 Å². The van der Waals surface area contributed by atoms with E-state index in [2.05, 4.69) is 10.6 Å². The van der Waals surface area contributed by atoms with Crippen molar-refractivity contribution in [3.8, 4) is 0 Å². The van der Waals surface area contributed by atoms with Crippen LogP contribution in [0.15, 0.2) is 16.8 Å². The zero-order chi connectivity index (χ0) is 19.6. The van der Waals surface area contributed by atoms with Crippen LogP contribution in [-0.2, 0) is 19.2 Å². The number of hydrogen-bond acceptors (Lipinski definition) is 7. The summed E-state index contributed by atoms with van der Waals surface area (Å²) in [5.41, 5.74) is 0.250. The molecule has 9 nitrogen and oxygen atoms in total. The van der Waals surface area contributed by atoms with Crippen LogP contribution in [0.25, 0.3) is 0 Å². The highest BCUT2D eigenvalue weighted by atomic mass is 32.2. The summed E-state index contributed by atoms with van der Waals surface area (Å²) in [6.45, 7) is 3.30. The lowest BCUT2D eigenvalue weighted by molar-refractivity contribution is -0.147. The third-order valence-corrected chi connectivity index (χ3v) is 6.16. The van der Waals surface area contributed by atoms with E-state index in [-0.39, 0.29) is 5.56 Å². The molecule has 0 spiro atoms. The van der Waals surface area contributed by atoms with Crippen molar-refractivity contribution < 1.29 is 34.5 Å². The fraction of sp³-hybridized carbons (Fsp3) is 0.467. The summed E-state index contributed by atoms with van der Waals surface area (Å²) >= 11 is 2.28. The van der Waals surface area contributed by atoms with E-state index in [0.717, 1.165) is 11.8 Å². The van der Waals surface area contributed by atoms with Crippen molar-refractivity contribution in [3.63, 3.8) is 0 Å². The fourth-order valence-electron chi connectivity index (χ4n) is 2.68. The first-order valence-corrected chi connectivity index (χ1v) is 9.31. The van der Waals surface area contributed by atoms with Crippen molar-refractivity contribution in [1.29, 1.82) is 0 Å². The molecule has 0 aromatic carbocycles. The average Bonchev–Trinajstić information content (AvgIpc) is 3.11. The molecule has 1 aliphatic rings. The van der Waals surface area contributed by atoms with E-state index in [1.165, 1.54) is 22.8 Å². The van der Waals surface area contributed by atoms with Gasteiger partial charge in [0.2, 0.25) is 5.91 Å². The molecular formula is C15H18N2O7S2. The van der Waals surface area contributed by atoms with E-state index in [9.17, 15) is 34.5 Å². The lowest BCUT2D eigenvalue weighted by Gasteiger charge is -2.23. The van der Waals surface area contributed by atoms with Gasteiger partial charge in [0.25, 0.3) is 0 Å². The molecule has 0 radical (unpaired) electrons. The Balaban J connectivity index is 2.21. The minimum Gasteiger partial charge on any atom is -0.480 e. The summed E-state index contributed by atoms with van der Waals surface area (Å²) in [6, 6.07) is -1.02. The first-order valence-electron chi connectivity index (χ1n) is 7.49. The van der Waals surface area contributed by atoms with Crippen LogP contribution in [0.2, 0.25) is 0 Å². The van der Waals surface area contributed by atoms with Gasteiger partial charge in [0.05, 0.1) is 5.37 Å². The first kappa shape index (κ1) is 20.2. The Morgan fingerprint density at radius 3 is 2.27 bits per heavy atom. The summed E-state index contributed by atoms with van der Waals surface area (Å²) in [6.07, 6.45) is 0. The largest absolute Gasteiger partial charge is 0.480 e. The lowest BCUT2D eigenvalue weighted by Crippen LogP contribution is -2.55. The van der Waals surface area contributed by atoms with Crippen LogP contribution in [0.3, 0.4) is 0 Å². The van der Waals surface area contributed by atoms with E-state index in [1.807, 2.05) is 0 Å². The highest BCUT2D eigenvalue weighted by Gasteiger charge is 2.49. The number of amides is 1. The Hall–Kier alpha value is -2.11. The zero-order valence-electron chi connectivity index (χ0n) is 13.8. The normalized spacial score (nSPS) is 23.8. The van der Waals surface area contributed by atoms with Crippen LogP contribution in [0.5, 0.6) is 0 Å². The van der Waals surface area contributed by atoms with Crippen LogP contribution >= 0.6 is 23.1 Å². The number of carboxylic acids is 3. The summed E-state index contributed by atoms with van der Waals surface area (Å²) in [5.74, 6) is -6.44. The van der Waals surface area contributed by atoms with Gasteiger partial charge in [-0.2, -0.15) is 11.3 Å². The quantitative estimate of drug-likeness (QED) is 0.407. The number of thioether (sulfide) groups is 1. The molecule has 1 aromatic heterocycles. The molecule has 2 heterocycles. The van der Waals surface area contributed by atoms with Crippen LogP contribution in [0.1, 0.15) is 25.3 Å². The van der Waals surface area contributed by atoms with Crippen LogP contribution in [0.4, 0.5) is 0 Å². The van der Waals surface area contributed by atoms with Crippen LogP contribution < -0.4 is 10.6 Å². The molecule has 1 unspecified atom stereocenters. The van der Waals surface area contributed by atoms with Gasteiger partial charge in [-0.15, -0.1) is 11.8 Å². The Kier molecular flexibility index (Phi) is 5.94. The monoisotopic (exact) mass is 402 g/mol. The van der Waals surface area contributed by atoms with Crippen molar-refractivity contribution in [2.24, 2.45) is 0 Å². The average molecular weight is 402 g/mol. The fourth-order valence-corrected chi connectivity index (χ4v) is 4.85. The highest BCUT2D eigenvalue weighted by Crippen LogP contribution is 2.39. The zero-order valence-corrected chi connectivity index (χ0v) is 15.5. The predicted octanol–water partition coefficient (Wildman–Crippen LogP) is 0.380. The molecule has 0 saturated carbocycles.